The molecule has 0 aliphatic carbocycles. The third-order valence-electron chi connectivity index (χ3n) is 10.2. The fourth-order valence-corrected chi connectivity index (χ4v) is 6.55. The maximum atomic E-state index is 12.6. The quantitative estimate of drug-likeness (QED) is 0.0358. The molecular formula is C46H87NO10. The second-order valence-electron chi connectivity index (χ2n) is 15.8. The summed E-state index contributed by atoms with van der Waals surface area (Å²) in [5, 5.41) is 9.54. The lowest BCUT2D eigenvalue weighted by molar-refractivity contribution is -0.153. The first-order valence-corrected chi connectivity index (χ1v) is 23.5. The summed E-state index contributed by atoms with van der Waals surface area (Å²) in [6.45, 7) is 9.96. The zero-order valence-corrected chi connectivity index (χ0v) is 37.0. The predicted octanol–water partition coefficient (Wildman–Crippen LogP) is 11.1. The molecule has 1 N–H and O–H groups in total. The van der Waals surface area contributed by atoms with Crippen molar-refractivity contribution < 1.29 is 48.0 Å². The molecule has 0 aliphatic heterocycles. The normalized spacial score (nSPS) is 11.3. The van der Waals surface area contributed by atoms with Gasteiger partial charge in [0.25, 0.3) is 0 Å². The third kappa shape index (κ3) is 40.2. The minimum Gasteiger partial charge on any atom is -0.465 e. The monoisotopic (exact) mass is 814 g/mol. The van der Waals surface area contributed by atoms with Gasteiger partial charge in [-0.2, -0.15) is 0 Å². The van der Waals surface area contributed by atoms with E-state index in [1.807, 2.05) is 0 Å². The van der Waals surface area contributed by atoms with Crippen molar-refractivity contribution in [1.29, 1.82) is 0 Å². The van der Waals surface area contributed by atoms with Crippen LogP contribution in [0.4, 0.5) is 4.79 Å². The zero-order valence-electron chi connectivity index (χ0n) is 37.0. The van der Waals surface area contributed by atoms with E-state index < -0.39 is 12.1 Å². The number of unbranched alkanes of at least 4 members (excludes halogenated alkanes) is 21. The summed E-state index contributed by atoms with van der Waals surface area (Å²) in [5.41, 5.74) is 0. The summed E-state index contributed by atoms with van der Waals surface area (Å²) < 4.78 is 26.9. The highest BCUT2D eigenvalue weighted by atomic mass is 16.7. The number of aliphatic hydroxyl groups is 1. The minimum absolute atomic E-state index is 0.0349. The number of carbonyl (C=O) groups excluding carboxylic acids is 4. The highest BCUT2D eigenvalue weighted by molar-refractivity contribution is 5.70. The van der Waals surface area contributed by atoms with E-state index in [1.165, 1.54) is 70.6 Å². The van der Waals surface area contributed by atoms with Gasteiger partial charge >= 0.3 is 24.1 Å². The number of nitrogens with zero attached hydrogens (tertiary/aromatic N) is 1. The van der Waals surface area contributed by atoms with Crippen LogP contribution >= 0.6 is 0 Å². The summed E-state index contributed by atoms with van der Waals surface area (Å²) in [4.78, 5) is 51.4. The predicted molar refractivity (Wildman–Crippen MR) is 228 cm³/mol. The Morgan fingerprint density at radius 2 is 0.719 bits per heavy atom. The lowest BCUT2D eigenvalue weighted by Crippen LogP contribution is -2.29. The van der Waals surface area contributed by atoms with Crippen LogP contribution in [0.5, 0.6) is 0 Å². The van der Waals surface area contributed by atoms with E-state index in [4.69, 9.17) is 23.7 Å². The van der Waals surface area contributed by atoms with Gasteiger partial charge in [0.1, 0.15) is 19.8 Å². The number of rotatable bonds is 43. The topological polar surface area (TPSA) is 138 Å². The molecule has 0 amide bonds. The van der Waals surface area contributed by atoms with Gasteiger partial charge in [-0.15, -0.1) is 0 Å². The minimum atomic E-state index is -0.569. The summed E-state index contributed by atoms with van der Waals surface area (Å²) in [7, 11) is 0. The average Bonchev–Trinajstić information content (AvgIpc) is 3.20. The van der Waals surface area contributed by atoms with Crippen LogP contribution in [-0.2, 0) is 38.1 Å². The Kier molecular flexibility index (Phi) is 41.4. The second kappa shape index (κ2) is 43.2. The van der Waals surface area contributed by atoms with Gasteiger partial charge in [0.05, 0.1) is 25.7 Å². The van der Waals surface area contributed by atoms with Gasteiger partial charge in [0.15, 0.2) is 0 Å². The Balaban J connectivity index is 4.30. The van der Waals surface area contributed by atoms with Crippen molar-refractivity contribution in [3.8, 4) is 0 Å². The lowest BCUT2D eigenvalue weighted by Gasteiger charge is -2.21. The molecule has 336 valence electrons. The molecule has 0 atom stereocenters. The molecule has 0 fully saturated rings. The van der Waals surface area contributed by atoms with Crippen molar-refractivity contribution in [2.45, 2.75) is 207 Å². The van der Waals surface area contributed by atoms with Gasteiger partial charge in [-0.3, -0.25) is 14.4 Å². The average molecular weight is 814 g/mol. The number of ether oxygens (including phenoxy) is 5. The number of hydrogen-bond donors (Lipinski definition) is 1. The highest BCUT2D eigenvalue weighted by Crippen LogP contribution is 2.13. The second-order valence-corrected chi connectivity index (χ2v) is 15.8. The molecule has 0 heterocycles. The summed E-state index contributed by atoms with van der Waals surface area (Å²) in [5.74, 6) is -1.26. The zero-order chi connectivity index (χ0) is 41.9. The Morgan fingerprint density at radius 3 is 1.09 bits per heavy atom. The van der Waals surface area contributed by atoms with Crippen LogP contribution < -0.4 is 0 Å². The van der Waals surface area contributed by atoms with Crippen molar-refractivity contribution in [2.24, 2.45) is 5.92 Å². The molecular weight excluding hydrogens is 727 g/mol. The summed E-state index contributed by atoms with van der Waals surface area (Å²) in [6, 6.07) is 0. The van der Waals surface area contributed by atoms with Gasteiger partial charge < -0.3 is 33.7 Å². The maximum absolute atomic E-state index is 12.6. The first-order valence-electron chi connectivity index (χ1n) is 23.5. The molecule has 57 heavy (non-hydrogen) atoms. The van der Waals surface area contributed by atoms with Gasteiger partial charge in [0.2, 0.25) is 0 Å². The van der Waals surface area contributed by atoms with Crippen molar-refractivity contribution in [1.82, 2.24) is 4.90 Å². The first kappa shape index (κ1) is 54.6. The van der Waals surface area contributed by atoms with E-state index in [9.17, 15) is 24.3 Å². The Morgan fingerprint density at radius 1 is 0.404 bits per heavy atom. The van der Waals surface area contributed by atoms with Crippen molar-refractivity contribution >= 4 is 24.1 Å². The van der Waals surface area contributed by atoms with E-state index >= 15 is 0 Å². The van der Waals surface area contributed by atoms with E-state index in [0.717, 1.165) is 103 Å². The Labute approximate surface area is 348 Å². The van der Waals surface area contributed by atoms with Crippen molar-refractivity contribution in [3.05, 3.63) is 0 Å². The molecule has 0 saturated carbocycles. The van der Waals surface area contributed by atoms with Gasteiger partial charge in [-0.25, -0.2) is 4.79 Å². The molecule has 11 nitrogen and oxygen atoms in total. The Bertz CT molecular complexity index is 901. The molecule has 0 aromatic heterocycles. The van der Waals surface area contributed by atoms with Crippen LogP contribution in [0.1, 0.15) is 207 Å². The molecule has 0 aromatic rings. The molecule has 0 radical (unpaired) electrons. The van der Waals surface area contributed by atoms with Gasteiger partial charge in [-0.1, -0.05) is 143 Å². The standard InChI is InChI=1S/C46H87NO10/c1-4-7-10-13-16-20-28-37-53-46(52)54-38-29-21-19-26-33-47(35-36-48)34-27-22-25-32-45(51)57-41-42(39-55-43(49)30-23-17-14-11-8-5-2)40-56-44(50)31-24-18-15-12-9-6-3/h42,48H,4-41H2,1-3H3. The molecule has 0 rings (SSSR count). The maximum Gasteiger partial charge on any atom is 0.508 e. The molecule has 0 unspecified atom stereocenters. The number of aliphatic hydroxyl groups excluding tert-OH is 1. The van der Waals surface area contributed by atoms with Gasteiger partial charge in [0, 0.05) is 25.8 Å². The smallest absolute Gasteiger partial charge is 0.465 e. The highest BCUT2D eigenvalue weighted by Gasteiger charge is 2.18. The Hall–Kier alpha value is -2.40. The number of carbonyl (C=O) groups is 4. The van der Waals surface area contributed by atoms with Crippen LogP contribution in [0.2, 0.25) is 0 Å². The van der Waals surface area contributed by atoms with Crippen molar-refractivity contribution in [2.75, 3.05) is 59.3 Å². The van der Waals surface area contributed by atoms with E-state index in [2.05, 4.69) is 25.7 Å². The number of esters is 3. The van der Waals surface area contributed by atoms with Crippen LogP contribution in [0.25, 0.3) is 0 Å². The van der Waals surface area contributed by atoms with Gasteiger partial charge in [-0.05, 0) is 58.0 Å². The third-order valence-corrected chi connectivity index (χ3v) is 10.2. The summed E-state index contributed by atoms with van der Waals surface area (Å²) in [6.07, 6.45) is 27.9. The van der Waals surface area contributed by atoms with Crippen molar-refractivity contribution in [3.63, 3.8) is 0 Å². The van der Waals surface area contributed by atoms with Crippen LogP contribution in [-0.4, -0.2) is 93.3 Å². The fourth-order valence-electron chi connectivity index (χ4n) is 6.55. The molecule has 0 spiro atoms. The summed E-state index contributed by atoms with van der Waals surface area (Å²) >= 11 is 0. The molecule has 0 bridgehead atoms. The van der Waals surface area contributed by atoms with Crippen LogP contribution in [0.3, 0.4) is 0 Å². The van der Waals surface area contributed by atoms with Crippen LogP contribution in [0, 0.1) is 5.92 Å². The SMILES string of the molecule is CCCCCCCCCOC(=O)OCCCCCCN(CCO)CCCCCC(=O)OCC(COC(=O)CCCCCCCC)COC(=O)CCCCCCCC. The van der Waals surface area contributed by atoms with E-state index in [-0.39, 0.29) is 50.8 Å². The fraction of sp³-hybridized carbons (Fsp3) is 0.913. The first-order chi connectivity index (χ1) is 27.9. The largest absolute Gasteiger partial charge is 0.508 e. The molecule has 0 aromatic carbocycles. The van der Waals surface area contributed by atoms with E-state index in [1.54, 1.807) is 0 Å². The molecule has 0 saturated heterocycles. The molecule has 11 heteroatoms. The van der Waals surface area contributed by atoms with Crippen LogP contribution in [0.15, 0.2) is 0 Å². The number of hydrogen-bond acceptors (Lipinski definition) is 11. The molecule has 0 aliphatic rings. The van der Waals surface area contributed by atoms with E-state index in [0.29, 0.717) is 39.0 Å². The lowest BCUT2D eigenvalue weighted by atomic mass is 10.1.